The zero-order valence-corrected chi connectivity index (χ0v) is 10.4. The molecule has 1 heterocycles. The third-order valence-electron chi connectivity index (χ3n) is 4.25. The van der Waals surface area contributed by atoms with Crippen LogP contribution in [0.25, 0.3) is 0 Å². The number of aromatic nitrogens is 2. The first kappa shape index (κ1) is 11.7. The predicted molar refractivity (Wildman–Crippen MR) is 66.1 cm³/mol. The molecule has 0 radical (unpaired) electrons. The standard InChI is InChI=1S/C13H19N3O2/c14-13(12(17)18,9-5-6-9)7-16-8-15-10-3-1-2-4-11(10)16/h8-9H,1-7,14H2,(H,17,18). The molecular weight excluding hydrogens is 230 g/mol. The van der Waals surface area contributed by atoms with Crippen LogP contribution in [-0.4, -0.2) is 26.2 Å². The molecule has 3 N–H and O–H groups in total. The first-order valence-corrected chi connectivity index (χ1v) is 6.66. The Morgan fingerprint density at radius 3 is 2.89 bits per heavy atom. The lowest BCUT2D eigenvalue weighted by Gasteiger charge is -2.26. The maximum atomic E-state index is 11.4. The monoisotopic (exact) mass is 249 g/mol. The summed E-state index contributed by atoms with van der Waals surface area (Å²) < 4.78 is 1.97. The van der Waals surface area contributed by atoms with Gasteiger partial charge in [-0.1, -0.05) is 0 Å². The van der Waals surface area contributed by atoms with Crippen LogP contribution < -0.4 is 5.73 Å². The molecule has 0 amide bonds. The highest BCUT2D eigenvalue weighted by Crippen LogP contribution is 2.39. The van der Waals surface area contributed by atoms with Crippen molar-refractivity contribution in [1.29, 1.82) is 0 Å². The van der Waals surface area contributed by atoms with Gasteiger partial charge < -0.3 is 15.4 Å². The fraction of sp³-hybridized carbons (Fsp3) is 0.692. The smallest absolute Gasteiger partial charge is 0.325 e. The zero-order valence-electron chi connectivity index (χ0n) is 10.4. The van der Waals surface area contributed by atoms with Gasteiger partial charge in [-0.15, -0.1) is 0 Å². The number of rotatable bonds is 4. The van der Waals surface area contributed by atoms with Gasteiger partial charge in [0.15, 0.2) is 0 Å². The van der Waals surface area contributed by atoms with E-state index in [1.54, 1.807) is 6.33 Å². The van der Waals surface area contributed by atoms with E-state index in [2.05, 4.69) is 4.98 Å². The first-order valence-electron chi connectivity index (χ1n) is 6.66. The SMILES string of the molecule is NC(Cn1cnc2c1CCCC2)(C(=O)O)C1CC1. The largest absolute Gasteiger partial charge is 0.480 e. The molecule has 1 aromatic heterocycles. The minimum Gasteiger partial charge on any atom is -0.480 e. The number of hydrogen-bond donors (Lipinski definition) is 2. The molecule has 18 heavy (non-hydrogen) atoms. The Labute approximate surface area is 106 Å². The van der Waals surface area contributed by atoms with Crippen molar-refractivity contribution in [2.75, 3.05) is 0 Å². The van der Waals surface area contributed by atoms with Crippen LogP contribution in [-0.2, 0) is 24.2 Å². The molecule has 0 aromatic carbocycles. The van der Waals surface area contributed by atoms with Crippen molar-refractivity contribution in [1.82, 2.24) is 9.55 Å². The van der Waals surface area contributed by atoms with Gasteiger partial charge in [0.2, 0.25) is 0 Å². The van der Waals surface area contributed by atoms with Crippen molar-refractivity contribution in [3.8, 4) is 0 Å². The molecule has 0 saturated heterocycles. The van der Waals surface area contributed by atoms with E-state index >= 15 is 0 Å². The lowest BCUT2D eigenvalue weighted by Crippen LogP contribution is -2.53. The van der Waals surface area contributed by atoms with Gasteiger partial charge in [0, 0.05) is 5.69 Å². The summed E-state index contributed by atoms with van der Waals surface area (Å²) in [5.74, 6) is -0.764. The fourth-order valence-corrected chi connectivity index (χ4v) is 2.92. The molecule has 1 aromatic rings. The minimum absolute atomic E-state index is 0.122. The summed E-state index contributed by atoms with van der Waals surface area (Å²) in [6.45, 7) is 0.356. The average Bonchev–Trinajstić information content (AvgIpc) is 3.14. The highest BCUT2D eigenvalue weighted by atomic mass is 16.4. The molecule has 5 nitrogen and oxygen atoms in total. The van der Waals surface area contributed by atoms with Crippen molar-refractivity contribution in [2.24, 2.45) is 11.7 Å². The molecule has 98 valence electrons. The summed E-state index contributed by atoms with van der Waals surface area (Å²) in [6.07, 6.45) is 7.97. The lowest BCUT2D eigenvalue weighted by atomic mass is 9.93. The molecule has 1 unspecified atom stereocenters. The van der Waals surface area contributed by atoms with Crippen LogP contribution in [0, 0.1) is 5.92 Å². The van der Waals surface area contributed by atoms with Gasteiger partial charge in [0.25, 0.3) is 0 Å². The molecule has 3 rings (SSSR count). The van der Waals surface area contributed by atoms with Crippen LogP contribution >= 0.6 is 0 Å². The Morgan fingerprint density at radius 2 is 2.22 bits per heavy atom. The van der Waals surface area contributed by atoms with Gasteiger partial charge in [-0.3, -0.25) is 4.79 Å². The third-order valence-corrected chi connectivity index (χ3v) is 4.25. The molecule has 0 bridgehead atoms. The van der Waals surface area contributed by atoms with Crippen LogP contribution in [0.1, 0.15) is 37.1 Å². The van der Waals surface area contributed by atoms with Crippen molar-refractivity contribution >= 4 is 5.97 Å². The number of carboxylic acids is 1. The van der Waals surface area contributed by atoms with E-state index in [1.165, 1.54) is 12.1 Å². The van der Waals surface area contributed by atoms with E-state index in [-0.39, 0.29) is 5.92 Å². The first-order chi connectivity index (χ1) is 8.61. The highest BCUT2D eigenvalue weighted by molar-refractivity contribution is 5.79. The summed E-state index contributed by atoms with van der Waals surface area (Å²) in [6, 6.07) is 0. The second-order valence-corrected chi connectivity index (χ2v) is 5.59. The molecule has 1 fully saturated rings. The van der Waals surface area contributed by atoms with Crippen LogP contribution in [0.2, 0.25) is 0 Å². The Kier molecular flexibility index (Phi) is 2.66. The molecule has 1 atom stereocenters. The summed E-state index contributed by atoms with van der Waals surface area (Å²) in [4.78, 5) is 15.8. The van der Waals surface area contributed by atoms with Gasteiger partial charge in [-0.2, -0.15) is 0 Å². The minimum atomic E-state index is -1.12. The number of imidazole rings is 1. The van der Waals surface area contributed by atoms with Gasteiger partial charge in [0.05, 0.1) is 18.6 Å². The summed E-state index contributed by atoms with van der Waals surface area (Å²) in [7, 11) is 0. The summed E-state index contributed by atoms with van der Waals surface area (Å²) >= 11 is 0. The van der Waals surface area contributed by atoms with Crippen LogP contribution in [0.3, 0.4) is 0 Å². The maximum absolute atomic E-state index is 11.4. The number of aliphatic carboxylic acids is 1. The summed E-state index contributed by atoms with van der Waals surface area (Å²) in [5.41, 5.74) is 7.33. The van der Waals surface area contributed by atoms with E-state index in [0.717, 1.165) is 37.8 Å². The quantitative estimate of drug-likeness (QED) is 0.832. The van der Waals surface area contributed by atoms with Gasteiger partial charge in [-0.25, -0.2) is 4.98 Å². The molecule has 0 spiro atoms. The molecule has 5 heteroatoms. The average molecular weight is 249 g/mol. The Bertz CT molecular complexity index is 479. The van der Waals surface area contributed by atoms with Gasteiger partial charge >= 0.3 is 5.97 Å². The number of carboxylic acid groups (broad SMARTS) is 1. The van der Waals surface area contributed by atoms with Crippen molar-refractivity contribution < 1.29 is 9.90 Å². The molecular formula is C13H19N3O2. The molecule has 2 aliphatic rings. The molecule has 0 aliphatic heterocycles. The van der Waals surface area contributed by atoms with Gasteiger partial charge in [0.1, 0.15) is 5.54 Å². The number of aryl methyl sites for hydroxylation is 1. The third kappa shape index (κ3) is 1.82. The lowest BCUT2D eigenvalue weighted by molar-refractivity contribution is -0.144. The maximum Gasteiger partial charge on any atom is 0.325 e. The van der Waals surface area contributed by atoms with Crippen LogP contribution in [0.15, 0.2) is 6.33 Å². The number of nitrogens with two attached hydrogens (primary N) is 1. The van der Waals surface area contributed by atoms with E-state index in [0.29, 0.717) is 6.54 Å². The van der Waals surface area contributed by atoms with Crippen LogP contribution in [0.4, 0.5) is 0 Å². The Balaban J connectivity index is 1.87. The van der Waals surface area contributed by atoms with Crippen molar-refractivity contribution in [3.05, 3.63) is 17.7 Å². The van der Waals surface area contributed by atoms with Crippen molar-refractivity contribution in [3.63, 3.8) is 0 Å². The summed E-state index contributed by atoms with van der Waals surface area (Å²) in [5, 5.41) is 9.39. The molecule has 2 aliphatic carbocycles. The van der Waals surface area contributed by atoms with E-state index in [4.69, 9.17) is 5.73 Å². The van der Waals surface area contributed by atoms with Crippen LogP contribution in [0.5, 0.6) is 0 Å². The number of nitrogens with zero attached hydrogens (tertiary/aromatic N) is 2. The van der Waals surface area contributed by atoms with E-state index in [9.17, 15) is 9.90 Å². The predicted octanol–water partition coefficient (Wildman–Crippen LogP) is 0.954. The van der Waals surface area contributed by atoms with E-state index in [1.807, 2.05) is 4.57 Å². The van der Waals surface area contributed by atoms with Gasteiger partial charge in [-0.05, 0) is 44.4 Å². The number of fused-ring (bicyclic) bond motifs is 1. The topological polar surface area (TPSA) is 81.1 Å². The number of carbonyl (C=O) groups is 1. The normalized spacial score (nSPS) is 22.3. The fourth-order valence-electron chi connectivity index (χ4n) is 2.92. The van der Waals surface area contributed by atoms with E-state index < -0.39 is 11.5 Å². The zero-order chi connectivity index (χ0) is 12.8. The second kappa shape index (κ2) is 4.09. The Hall–Kier alpha value is -1.36. The van der Waals surface area contributed by atoms with Crippen molar-refractivity contribution in [2.45, 2.75) is 50.6 Å². The molecule has 1 saturated carbocycles. The second-order valence-electron chi connectivity index (χ2n) is 5.59. The number of hydrogen-bond acceptors (Lipinski definition) is 3. The Morgan fingerprint density at radius 1 is 1.50 bits per heavy atom. The highest BCUT2D eigenvalue weighted by Gasteiger charge is 2.48.